The van der Waals surface area contributed by atoms with Gasteiger partial charge in [-0.3, -0.25) is 0 Å². The lowest BCUT2D eigenvalue weighted by Crippen LogP contribution is -2.20. The summed E-state index contributed by atoms with van der Waals surface area (Å²) in [4.78, 5) is 0. The Labute approximate surface area is 191 Å². The van der Waals surface area contributed by atoms with Crippen LogP contribution in [0.5, 0.6) is 5.75 Å². The molecular formula is C29H47FO. The van der Waals surface area contributed by atoms with Gasteiger partial charge in [-0.15, -0.1) is 0 Å². The molecule has 0 aromatic heterocycles. The molecule has 2 saturated carbocycles. The Bertz CT molecular complexity index is 611. The second-order valence-corrected chi connectivity index (χ2v) is 10.7. The molecule has 0 N–H and O–H groups in total. The lowest BCUT2D eigenvalue weighted by molar-refractivity contribution is 0.178. The summed E-state index contributed by atoms with van der Waals surface area (Å²) in [6.45, 7) is 5.32. The van der Waals surface area contributed by atoms with E-state index in [2.05, 4.69) is 13.8 Å². The average Bonchev–Trinajstić information content (AvgIpc) is 2.79. The van der Waals surface area contributed by atoms with E-state index in [-0.39, 0.29) is 5.82 Å². The third-order valence-electron chi connectivity index (χ3n) is 8.18. The molecule has 31 heavy (non-hydrogen) atoms. The quantitative estimate of drug-likeness (QED) is 0.300. The number of hydrogen-bond acceptors (Lipinski definition) is 1. The highest BCUT2D eigenvalue weighted by Gasteiger charge is 2.22. The summed E-state index contributed by atoms with van der Waals surface area (Å²) in [7, 11) is 0. The van der Waals surface area contributed by atoms with Crippen LogP contribution in [0.2, 0.25) is 0 Å². The molecule has 1 nitrogen and oxygen atoms in total. The molecule has 0 unspecified atom stereocenters. The molecule has 2 aliphatic rings. The molecule has 0 atom stereocenters. The summed E-state index contributed by atoms with van der Waals surface area (Å²) >= 11 is 0. The summed E-state index contributed by atoms with van der Waals surface area (Å²) in [6, 6.07) is 5.59. The molecule has 0 radical (unpaired) electrons. The lowest BCUT2D eigenvalue weighted by atomic mass is 9.78. The number of aryl methyl sites for hydroxylation is 1. The predicted octanol–water partition coefficient (Wildman–Crippen LogP) is 9.13. The molecule has 0 spiro atoms. The first-order valence-corrected chi connectivity index (χ1v) is 13.6. The Kier molecular flexibility index (Phi) is 10.7. The molecule has 1 aromatic carbocycles. The number of ether oxygens (including phenoxy) is 1. The van der Waals surface area contributed by atoms with Crippen LogP contribution in [0.15, 0.2) is 18.2 Å². The van der Waals surface area contributed by atoms with E-state index in [1.807, 2.05) is 12.1 Å². The largest absolute Gasteiger partial charge is 0.493 e. The average molecular weight is 431 g/mol. The third kappa shape index (κ3) is 8.43. The monoisotopic (exact) mass is 430 g/mol. The maximum absolute atomic E-state index is 14.7. The summed E-state index contributed by atoms with van der Waals surface area (Å²) in [5.74, 6) is 3.96. The fraction of sp³-hybridized carbons (Fsp3) is 0.793. The van der Waals surface area contributed by atoms with Crippen molar-refractivity contribution in [3.8, 4) is 5.75 Å². The smallest absolute Gasteiger partial charge is 0.130 e. The van der Waals surface area contributed by atoms with Crippen LogP contribution in [0.3, 0.4) is 0 Å². The molecule has 2 heteroatoms. The first-order chi connectivity index (χ1) is 15.2. The van der Waals surface area contributed by atoms with E-state index in [1.54, 1.807) is 6.07 Å². The molecule has 3 rings (SSSR count). The summed E-state index contributed by atoms with van der Waals surface area (Å²) in [5.41, 5.74) is 0.873. The van der Waals surface area contributed by atoms with Crippen LogP contribution in [0, 0.1) is 29.5 Å². The van der Waals surface area contributed by atoms with Gasteiger partial charge in [-0.05, 0) is 61.0 Å². The van der Waals surface area contributed by atoms with Gasteiger partial charge in [0.05, 0.1) is 6.61 Å². The zero-order valence-electron chi connectivity index (χ0n) is 20.3. The van der Waals surface area contributed by atoms with Crippen LogP contribution in [-0.4, -0.2) is 6.61 Å². The van der Waals surface area contributed by atoms with Crippen molar-refractivity contribution in [1.29, 1.82) is 0 Å². The number of hydrogen-bond donors (Lipinski definition) is 0. The highest BCUT2D eigenvalue weighted by Crippen LogP contribution is 2.35. The van der Waals surface area contributed by atoms with Gasteiger partial charge in [-0.2, -0.15) is 0 Å². The van der Waals surface area contributed by atoms with Gasteiger partial charge in [-0.1, -0.05) is 97.0 Å². The fourth-order valence-corrected chi connectivity index (χ4v) is 5.98. The van der Waals surface area contributed by atoms with Crippen LogP contribution in [0.25, 0.3) is 0 Å². The Morgan fingerprint density at radius 2 is 1.35 bits per heavy atom. The topological polar surface area (TPSA) is 9.23 Å². The Morgan fingerprint density at radius 3 is 1.97 bits per heavy atom. The molecule has 176 valence electrons. The van der Waals surface area contributed by atoms with E-state index in [9.17, 15) is 4.39 Å². The normalized spacial score (nSPS) is 26.7. The molecule has 1 aromatic rings. The molecule has 2 fully saturated rings. The molecule has 0 amide bonds. The van der Waals surface area contributed by atoms with Gasteiger partial charge >= 0.3 is 0 Å². The standard InChI is InChI=1S/C29H47FO/c1-3-5-6-8-24-9-11-25(12-10-24)17-18-27-19-20-28(21-29(27)30)31-22-26-15-13-23(7-4-2)14-16-26/h19-21,23-26H,3-18,22H2,1-2H3. The number of benzene rings is 1. The predicted molar refractivity (Wildman–Crippen MR) is 130 cm³/mol. The van der Waals surface area contributed by atoms with E-state index in [0.29, 0.717) is 11.7 Å². The van der Waals surface area contributed by atoms with E-state index in [4.69, 9.17) is 4.74 Å². The van der Waals surface area contributed by atoms with Gasteiger partial charge in [0, 0.05) is 6.07 Å². The highest BCUT2D eigenvalue weighted by molar-refractivity contribution is 5.29. The maximum Gasteiger partial charge on any atom is 0.130 e. The zero-order valence-corrected chi connectivity index (χ0v) is 20.3. The minimum Gasteiger partial charge on any atom is -0.493 e. The molecule has 0 aliphatic heterocycles. The van der Waals surface area contributed by atoms with Gasteiger partial charge in [0.1, 0.15) is 11.6 Å². The first kappa shape index (κ1) is 24.6. The van der Waals surface area contributed by atoms with Crippen molar-refractivity contribution in [3.63, 3.8) is 0 Å². The van der Waals surface area contributed by atoms with Gasteiger partial charge in [-0.25, -0.2) is 4.39 Å². The van der Waals surface area contributed by atoms with Crippen LogP contribution in [0.4, 0.5) is 4.39 Å². The molecule has 0 bridgehead atoms. The van der Waals surface area contributed by atoms with Crippen molar-refractivity contribution in [2.75, 3.05) is 6.61 Å². The second-order valence-electron chi connectivity index (χ2n) is 10.7. The van der Waals surface area contributed by atoms with Crippen LogP contribution < -0.4 is 4.74 Å². The first-order valence-electron chi connectivity index (χ1n) is 13.6. The molecular weight excluding hydrogens is 383 g/mol. The minimum atomic E-state index is -0.0718. The third-order valence-corrected chi connectivity index (χ3v) is 8.18. The van der Waals surface area contributed by atoms with Crippen LogP contribution in [0.1, 0.15) is 116 Å². The second kappa shape index (κ2) is 13.5. The Morgan fingerprint density at radius 1 is 0.742 bits per heavy atom. The lowest BCUT2D eigenvalue weighted by Gasteiger charge is -2.28. The maximum atomic E-state index is 14.7. The van der Waals surface area contributed by atoms with Gasteiger partial charge in [0.2, 0.25) is 0 Å². The minimum absolute atomic E-state index is 0.0718. The summed E-state index contributed by atoms with van der Waals surface area (Å²) in [5, 5.41) is 0. The van der Waals surface area contributed by atoms with Crippen molar-refractivity contribution >= 4 is 0 Å². The van der Waals surface area contributed by atoms with Crippen molar-refractivity contribution < 1.29 is 9.13 Å². The number of halogens is 1. The number of unbranched alkanes of at least 4 members (excludes halogenated alkanes) is 2. The molecule has 0 heterocycles. The van der Waals surface area contributed by atoms with Crippen molar-refractivity contribution in [2.45, 2.75) is 117 Å². The van der Waals surface area contributed by atoms with Gasteiger partial charge < -0.3 is 4.74 Å². The van der Waals surface area contributed by atoms with Crippen LogP contribution >= 0.6 is 0 Å². The van der Waals surface area contributed by atoms with Crippen molar-refractivity contribution in [2.24, 2.45) is 23.7 Å². The van der Waals surface area contributed by atoms with Gasteiger partial charge in [0.15, 0.2) is 0 Å². The van der Waals surface area contributed by atoms with Crippen molar-refractivity contribution in [3.05, 3.63) is 29.6 Å². The fourth-order valence-electron chi connectivity index (χ4n) is 5.98. The van der Waals surface area contributed by atoms with E-state index in [0.717, 1.165) is 42.8 Å². The van der Waals surface area contributed by atoms with E-state index >= 15 is 0 Å². The van der Waals surface area contributed by atoms with Gasteiger partial charge in [0.25, 0.3) is 0 Å². The van der Waals surface area contributed by atoms with E-state index < -0.39 is 0 Å². The Balaban J connectivity index is 1.34. The number of rotatable bonds is 12. The van der Waals surface area contributed by atoms with E-state index in [1.165, 1.54) is 89.9 Å². The highest BCUT2D eigenvalue weighted by atomic mass is 19.1. The Hall–Kier alpha value is -1.05. The zero-order chi connectivity index (χ0) is 21.9. The molecule has 0 saturated heterocycles. The van der Waals surface area contributed by atoms with Crippen molar-refractivity contribution in [1.82, 2.24) is 0 Å². The van der Waals surface area contributed by atoms with Crippen LogP contribution in [-0.2, 0) is 6.42 Å². The summed E-state index contributed by atoms with van der Waals surface area (Å²) in [6.07, 6.45) is 20.9. The molecule has 2 aliphatic carbocycles. The summed E-state index contributed by atoms with van der Waals surface area (Å²) < 4.78 is 20.6. The SMILES string of the molecule is CCCCCC1CCC(CCc2ccc(OCC3CCC(CCC)CC3)cc2F)CC1.